The number of rotatable bonds is 2. The Morgan fingerprint density at radius 1 is 1.14 bits per heavy atom. The van der Waals surface area contributed by atoms with E-state index in [1.54, 1.807) is 0 Å². The lowest BCUT2D eigenvalue weighted by atomic mass is 10.2. The summed E-state index contributed by atoms with van der Waals surface area (Å²) in [5.41, 5.74) is 1.42. The van der Waals surface area contributed by atoms with E-state index < -0.39 is 0 Å². The van der Waals surface area contributed by atoms with Gasteiger partial charge in [0.05, 0.1) is 0 Å². The molecule has 1 aromatic rings. The van der Waals surface area contributed by atoms with Crippen molar-refractivity contribution in [3.8, 4) is 0 Å². The van der Waals surface area contributed by atoms with Crippen LogP contribution in [-0.4, -0.2) is 31.1 Å². The number of benzene rings is 1. The molecule has 14 heavy (non-hydrogen) atoms. The van der Waals surface area contributed by atoms with Gasteiger partial charge in [0.25, 0.3) is 0 Å². The molecule has 2 rings (SSSR count). The summed E-state index contributed by atoms with van der Waals surface area (Å²) in [5.74, 6) is 0. The Morgan fingerprint density at radius 3 is 2.43 bits per heavy atom. The highest BCUT2D eigenvalue weighted by atomic mass is 127. The topological polar surface area (TPSA) is 15.3 Å². The van der Waals surface area contributed by atoms with Crippen LogP contribution in [0.25, 0.3) is 0 Å². The first-order chi connectivity index (χ1) is 6.84. The Bertz CT molecular complexity index is 278. The lowest BCUT2D eigenvalue weighted by Gasteiger charge is -2.27. The molecule has 0 unspecified atom stereocenters. The summed E-state index contributed by atoms with van der Waals surface area (Å²) in [6, 6.07) is 8.81. The van der Waals surface area contributed by atoms with Crippen molar-refractivity contribution in [2.24, 2.45) is 0 Å². The van der Waals surface area contributed by atoms with E-state index in [4.69, 9.17) is 0 Å². The molecule has 2 nitrogen and oxygen atoms in total. The van der Waals surface area contributed by atoms with Gasteiger partial charge in [-0.15, -0.1) is 0 Å². The van der Waals surface area contributed by atoms with Gasteiger partial charge in [0.15, 0.2) is 0 Å². The van der Waals surface area contributed by atoms with Crippen LogP contribution in [0, 0.1) is 3.57 Å². The minimum absolute atomic E-state index is 1.10. The Hall–Kier alpha value is -0.130. The minimum Gasteiger partial charge on any atom is -0.314 e. The summed E-state index contributed by atoms with van der Waals surface area (Å²) in [4.78, 5) is 2.50. The third-order valence-corrected chi connectivity index (χ3v) is 3.25. The van der Waals surface area contributed by atoms with Crippen molar-refractivity contribution < 1.29 is 0 Å². The van der Waals surface area contributed by atoms with E-state index in [0.717, 1.165) is 19.6 Å². The first-order valence-corrected chi connectivity index (χ1v) is 6.10. The maximum atomic E-state index is 3.37. The molecule has 1 heterocycles. The first kappa shape index (κ1) is 10.4. The highest BCUT2D eigenvalue weighted by Gasteiger charge is 2.09. The Morgan fingerprint density at radius 2 is 1.79 bits per heavy atom. The molecule has 76 valence electrons. The molecule has 0 atom stereocenters. The molecule has 0 aliphatic carbocycles. The largest absolute Gasteiger partial charge is 0.314 e. The highest BCUT2D eigenvalue weighted by molar-refractivity contribution is 14.1. The maximum Gasteiger partial charge on any atom is 0.0234 e. The van der Waals surface area contributed by atoms with Crippen LogP contribution in [0.3, 0.4) is 0 Å². The van der Waals surface area contributed by atoms with Crippen LogP contribution in [-0.2, 0) is 6.54 Å². The molecule has 1 fully saturated rings. The zero-order chi connectivity index (χ0) is 9.80. The molecule has 3 heteroatoms. The molecule has 1 aromatic carbocycles. The Labute approximate surface area is 98.8 Å². The summed E-state index contributed by atoms with van der Waals surface area (Å²) in [7, 11) is 0. The lowest BCUT2D eigenvalue weighted by molar-refractivity contribution is 0.233. The van der Waals surface area contributed by atoms with Crippen LogP contribution in [0.15, 0.2) is 24.3 Å². The average Bonchev–Trinajstić information content (AvgIpc) is 2.23. The maximum absolute atomic E-state index is 3.37. The fourth-order valence-corrected chi connectivity index (χ4v) is 2.08. The lowest BCUT2D eigenvalue weighted by Crippen LogP contribution is -2.42. The summed E-state index contributed by atoms with van der Waals surface area (Å²) < 4.78 is 1.31. The second-order valence-electron chi connectivity index (χ2n) is 3.65. The molecule has 0 saturated carbocycles. The number of nitrogens with zero attached hydrogens (tertiary/aromatic N) is 1. The standard InChI is InChI=1S/C11H15IN2/c12-11-3-1-10(2-4-11)9-14-7-5-13-6-8-14/h1-4,13H,5-9H2. The third-order valence-electron chi connectivity index (χ3n) is 2.53. The second-order valence-corrected chi connectivity index (χ2v) is 4.90. The first-order valence-electron chi connectivity index (χ1n) is 5.02. The van der Waals surface area contributed by atoms with Crippen LogP contribution >= 0.6 is 22.6 Å². The van der Waals surface area contributed by atoms with Crippen molar-refractivity contribution in [1.29, 1.82) is 0 Å². The highest BCUT2D eigenvalue weighted by Crippen LogP contribution is 2.09. The van der Waals surface area contributed by atoms with E-state index in [2.05, 4.69) is 57.1 Å². The van der Waals surface area contributed by atoms with Crippen molar-refractivity contribution in [3.63, 3.8) is 0 Å². The molecular weight excluding hydrogens is 287 g/mol. The molecule has 1 saturated heterocycles. The molecule has 0 spiro atoms. The van der Waals surface area contributed by atoms with Gasteiger partial charge < -0.3 is 5.32 Å². The summed E-state index contributed by atoms with van der Waals surface area (Å²) >= 11 is 2.34. The van der Waals surface area contributed by atoms with E-state index in [0.29, 0.717) is 0 Å². The number of hydrogen-bond acceptors (Lipinski definition) is 2. The van der Waals surface area contributed by atoms with Gasteiger partial charge in [-0.3, -0.25) is 4.90 Å². The van der Waals surface area contributed by atoms with Gasteiger partial charge in [-0.25, -0.2) is 0 Å². The normalized spacial score (nSPS) is 18.4. The predicted molar refractivity (Wildman–Crippen MR) is 67.3 cm³/mol. The van der Waals surface area contributed by atoms with Gasteiger partial charge in [-0.1, -0.05) is 12.1 Å². The minimum atomic E-state index is 1.10. The van der Waals surface area contributed by atoms with Crippen LogP contribution in [0.1, 0.15) is 5.56 Å². The van der Waals surface area contributed by atoms with E-state index in [1.165, 1.54) is 22.2 Å². The quantitative estimate of drug-likeness (QED) is 0.837. The van der Waals surface area contributed by atoms with Crippen molar-refractivity contribution >= 4 is 22.6 Å². The number of halogens is 1. The number of nitrogens with one attached hydrogen (secondary N) is 1. The van der Waals surface area contributed by atoms with Gasteiger partial charge in [0.2, 0.25) is 0 Å². The Balaban J connectivity index is 1.92. The van der Waals surface area contributed by atoms with Gasteiger partial charge in [-0.05, 0) is 40.3 Å². The number of piperazine rings is 1. The zero-order valence-corrected chi connectivity index (χ0v) is 10.3. The monoisotopic (exact) mass is 302 g/mol. The van der Waals surface area contributed by atoms with E-state index >= 15 is 0 Å². The fraction of sp³-hybridized carbons (Fsp3) is 0.455. The predicted octanol–water partition coefficient (Wildman–Crippen LogP) is 1.70. The molecule has 0 amide bonds. The van der Waals surface area contributed by atoms with Crippen LogP contribution < -0.4 is 5.32 Å². The van der Waals surface area contributed by atoms with Gasteiger partial charge in [0, 0.05) is 36.3 Å². The molecule has 0 bridgehead atoms. The van der Waals surface area contributed by atoms with E-state index in [1.807, 2.05) is 0 Å². The summed E-state index contributed by atoms with van der Waals surface area (Å²) in [6.07, 6.45) is 0. The zero-order valence-electron chi connectivity index (χ0n) is 8.17. The average molecular weight is 302 g/mol. The SMILES string of the molecule is Ic1ccc(CN2CCNCC2)cc1. The molecule has 0 radical (unpaired) electrons. The molecule has 1 aliphatic rings. The van der Waals surface area contributed by atoms with Crippen molar-refractivity contribution in [2.45, 2.75) is 6.54 Å². The van der Waals surface area contributed by atoms with Crippen molar-refractivity contribution in [3.05, 3.63) is 33.4 Å². The molecule has 0 aromatic heterocycles. The summed E-state index contributed by atoms with van der Waals surface area (Å²) in [6.45, 7) is 5.70. The van der Waals surface area contributed by atoms with Gasteiger partial charge >= 0.3 is 0 Å². The van der Waals surface area contributed by atoms with Crippen molar-refractivity contribution in [2.75, 3.05) is 26.2 Å². The fourth-order valence-electron chi connectivity index (χ4n) is 1.72. The van der Waals surface area contributed by atoms with Crippen LogP contribution in [0.2, 0.25) is 0 Å². The second kappa shape index (κ2) is 5.09. The molecule has 1 aliphatic heterocycles. The summed E-state index contributed by atoms with van der Waals surface area (Å²) in [5, 5.41) is 3.37. The van der Waals surface area contributed by atoms with E-state index in [-0.39, 0.29) is 0 Å². The third kappa shape index (κ3) is 2.93. The van der Waals surface area contributed by atoms with E-state index in [9.17, 15) is 0 Å². The number of hydrogen-bond donors (Lipinski definition) is 1. The van der Waals surface area contributed by atoms with Crippen LogP contribution in [0.5, 0.6) is 0 Å². The smallest absolute Gasteiger partial charge is 0.0234 e. The molecular formula is C11H15IN2. The van der Waals surface area contributed by atoms with Gasteiger partial charge in [0.1, 0.15) is 0 Å². The molecule has 1 N–H and O–H groups in total. The Kier molecular flexibility index (Phi) is 3.78. The van der Waals surface area contributed by atoms with Gasteiger partial charge in [-0.2, -0.15) is 0 Å². The van der Waals surface area contributed by atoms with Crippen LogP contribution in [0.4, 0.5) is 0 Å². The van der Waals surface area contributed by atoms with Crippen molar-refractivity contribution in [1.82, 2.24) is 10.2 Å².